The van der Waals surface area contributed by atoms with Crippen LogP contribution in [0.2, 0.25) is 0 Å². The van der Waals surface area contributed by atoms with Crippen molar-refractivity contribution in [2.75, 3.05) is 0 Å². The van der Waals surface area contributed by atoms with Crippen LogP contribution in [0.3, 0.4) is 0 Å². The quantitative estimate of drug-likeness (QED) is 0.428. The first-order valence-electron chi connectivity index (χ1n) is 1.48. The van der Waals surface area contributed by atoms with E-state index >= 15 is 0 Å². The summed E-state index contributed by atoms with van der Waals surface area (Å²) in [5.74, 6) is 0. The minimum atomic E-state index is 1.38. The van der Waals surface area contributed by atoms with E-state index in [1.54, 1.807) is 0 Å². The van der Waals surface area contributed by atoms with Crippen LogP contribution < -0.4 is 0 Å². The third-order valence-corrected chi connectivity index (χ3v) is 0.364. The second kappa shape index (κ2) is 1.45. The molecule has 0 unspecified atom stereocenters. The van der Waals surface area contributed by atoms with Gasteiger partial charge in [0.05, 0.1) is 0 Å². The van der Waals surface area contributed by atoms with Crippen LogP contribution in [0.15, 0.2) is 12.7 Å². The van der Waals surface area contributed by atoms with Crippen molar-refractivity contribution in [3.05, 3.63) is 19.0 Å². The van der Waals surface area contributed by atoms with Crippen LogP contribution in [-0.4, -0.2) is 15.0 Å². The van der Waals surface area contributed by atoms with Crippen molar-refractivity contribution in [1.29, 1.82) is 0 Å². The maximum atomic E-state index is 3.53. The first-order chi connectivity index (χ1) is 3.00. The molecule has 0 aliphatic rings. The molecule has 0 aliphatic carbocycles. The molecule has 0 aromatic carbocycles. The second-order valence-corrected chi connectivity index (χ2v) is 0.738. The lowest BCUT2D eigenvalue weighted by Gasteiger charge is -1.68. The summed E-state index contributed by atoms with van der Waals surface area (Å²) in [6, 6.07) is 0. The Morgan fingerprint density at radius 1 is 1.17 bits per heavy atom. The summed E-state index contributed by atoms with van der Waals surface area (Å²) in [7, 11) is 0. The standard InChI is InChI=1S/C3H2N3/c1-4-2-6-3-5-1/h1-2H. The molecule has 0 bridgehead atoms. The molecule has 29 valence electrons. The molecule has 1 aromatic heterocycles. The average molecular weight is 80.1 g/mol. The normalized spacial score (nSPS) is 8.00. The van der Waals surface area contributed by atoms with Crippen molar-refractivity contribution >= 4 is 0 Å². The molecule has 0 atom stereocenters. The van der Waals surface area contributed by atoms with E-state index in [4.69, 9.17) is 0 Å². The maximum absolute atomic E-state index is 3.53. The van der Waals surface area contributed by atoms with Crippen molar-refractivity contribution in [3.8, 4) is 0 Å². The molecule has 0 fully saturated rings. The van der Waals surface area contributed by atoms with E-state index < -0.39 is 0 Å². The fourth-order valence-electron chi connectivity index (χ4n) is 0.181. The van der Waals surface area contributed by atoms with Gasteiger partial charge in [-0.1, -0.05) is 0 Å². The lowest BCUT2D eigenvalue weighted by atomic mass is 11.1. The monoisotopic (exact) mass is 80.0 g/mol. The Morgan fingerprint density at radius 2 is 1.83 bits per heavy atom. The Labute approximate surface area is 35.1 Å². The van der Waals surface area contributed by atoms with Gasteiger partial charge in [0.25, 0.3) is 0 Å². The molecule has 0 aliphatic heterocycles. The van der Waals surface area contributed by atoms with Crippen LogP contribution in [0.4, 0.5) is 0 Å². The van der Waals surface area contributed by atoms with E-state index in [0.717, 1.165) is 0 Å². The van der Waals surface area contributed by atoms with E-state index in [-0.39, 0.29) is 0 Å². The fraction of sp³-hybridized carbons (Fsp3) is 0. The summed E-state index contributed by atoms with van der Waals surface area (Å²) < 4.78 is 0. The third-order valence-electron chi connectivity index (χ3n) is 0.364. The highest BCUT2D eigenvalue weighted by atomic mass is 14.9. The molecule has 3 nitrogen and oxygen atoms in total. The fourth-order valence-corrected chi connectivity index (χ4v) is 0.181. The van der Waals surface area contributed by atoms with Crippen molar-refractivity contribution in [3.63, 3.8) is 0 Å². The van der Waals surface area contributed by atoms with Crippen LogP contribution >= 0.6 is 0 Å². The summed E-state index contributed by atoms with van der Waals surface area (Å²) in [6.45, 7) is 0. The first-order valence-corrected chi connectivity index (χ1v) is 1.48. The van der Waals surface area contributed by atoms with Crippen LogP contribution in [-0.2, 0) is 0 Å². The van der Waals surface area contributed by atoms with Crippen molar-refractivity contribution in [1.82, 2.24) is 15.0 Å². The molecule has 6 heavy (non-hydrogen) atoms. The molecule has 0 N–H and O–H groups in total. The second-order valence-electron chi connectivity index (χ2n) is 0.738. The topological polar surface area (TPSA) is 38.7 Å². The molecule has 0 saturated carbocycles. The minimum Gasteiger partial charge on any atom is -0.225 e. The van der Waals surface area contributed by atoms with Gasteiger partial charge in [-0.3, -0.25) is 0 Å². The van der Waals surface area contributed by atoms with Gasteiger partial charge in [-0.05, 0) is 0 Å². The lowest BCUT2D eigenvalue weighted by molar-refractivity contribution is 1.03. The highest BCUT2D eigenvalue weighted by Gasteiger charge is 1.61. The highest BCUT2D eigenvalue weighted by Crippen LogP contribution is 1.56. The molecular formula is C3H2N3. The lowest BCUT2D eigenvalue weighted by Crippen LogP contribution is -1.74. The first kappa shape index (κ1) is 3.21. The maximum Gasteiger partial charge on any atom is 0.200 e. The zero-order valence-corrected chi connectivity index (χ0v) is 3.00. The van der Waals surface area contributed by atoms with E-state index in [2.05, 4.69) is 21.3 Å². The van der Waals surface area contributed by atoms with E-state index in [0.29, 0.717) is 0 Å². The largest absolute Gasteiger partial charge is 0.225 e. The molecule has 0 amide bonds. The number of nitrogens with zero attached hydrogens (tertiary/aromatic N) is 3. The van der Waals surface area contributed by atoms with Gasteiger partial charge in [0.1, 0.15) is 12.7 Å². The Kier molecular flexibility index (Phi) is 0.774. The van der Waals surface area contributed by atoms with E-state index in [1.165, 1.54) is 12.7 Å². The summed E-state index contributed by atoms with van der Waals surface area (Å²) in [5.41, 5.74) is 0. The SMILES string of the molecule is [c]1ncncn1. The van der Waals surface area contributed by atoms with Gasteiger partial charge in [0.15, 0.2) is 0 Å². The Hall–Kier alpha value is -0.990. The Bertz CT molecular complexity index is 78.0. The molecule has 1 rings (SSSR count). The van der Waals surface area contributed by atoms with Gasteiger partial charge >= 0.3 is 0 Å². The molecule has 3 heteroatoms. The number of aromatic nitrogens is 3. The Morgan fingerprint density at radius 3 is 2.00 bits per heavy atom. The van der Waals surface area contributed by atoms with Crippen molar-refractivity contribution in [2.24, 2.45) is 0 Å². The van der Waals surface area contributed by atoms with E-state index in [9.17, 15) is 0 Å². The summed E-state index contributed by atoms with van der Waals surface area (Å²) >= 11 is 0. The molecule has 1 radical (unpaired) electrons. The molecule has 0 saturated heterocycles. The van der Waals surface area contributed by atoms with Gasteiger partial charge in [0.2, 0.25) is 6.33 Å². The Balaban J connectivity index is 3.00. The predicted octanol–water partition coefficient (Wildman–Crippen LogP) is -0.328. The van der Waals surface area contributed by atoms with Crippen LogP contribution in [0, 0.1) is 6.33 Å². The van der Waals surface area contributed by atoms with Crippen LogP contribution in [0.25, 0.3) is 0 Å². The van der Waals surface area contributed by atoms with Crippen LogP contribution in [0.1, 0.15) is 0 Å². The minimum absolute atomic E-state index is 1.38. The molecule has 1 heterocycles. The van der Waals surface area contributed by atoms with Crippen LogP contribution in [0.5, 0.6) is 0 Å². The van der Waals surface area contributed by atoms with Crippen molar-refractivity contribution < 1.29 is 0 Å². The zero-order chi connectivity index (χ0) is 4.24. The summed E-state index contributed by atoms with van der Waals surface area (Å²) in [4.78, 5) is 10.4. The molecular weight excluding hydrogens is 78.1 g/mol. The third kappa shape index (κ3) is 0.484. The zero-order valence-electron chi connectivity index (χ0n) is 3.00. The molecule has 1 aromatic rings. The van der Waals surface area contributed by atoms with Crippen molar-refractivity contribution in [2.45, 2.75) is 0 Å². The van der Waals surface area contributed by atoms with Gasteiger partial charge in [-0.2, -0.15) is 0 Å². The van der Waals surface area contributed by atoms with E-state index in [1.807, 2.05) is 0 Å². The van der Waals surface area contributed by atoms with Gasteiger partial charge in [-0.15, -0.1) is 0 Å². The summed E-state index contributed by atoms with van der Waals surface area (Å²) in [6.07, 6.45) is 5.09. The average Bonchev–Trinajstić information content (AvgIpc) is 1.72. The highest BCUT2D eigenvalue weighted by molar-refractivity contribution is 4.49. The smallest absolute Gasteiger partial charge is 0.200 e. The van der Waals surface area contributed by atoms with Gasteiger partial charge in [0, 0.05) is 0 Å². The number of hydrogen-bond acceptors (Lipinski definition) is 3. The van der Waals surface area contributed by atoms with Gasteiger partial charge < -0.3 is 0 Å². The summed E-state index contributed by atoms with van der Waals surface area (Å²) in [5, 5.41) is 0. The molecule has 0 spiro atoms. The predicted molar refractivity (Wildman–Crippen MR) is 18.7 cm³/mol. The number of rotatable bonds is 0. The number of hydrogen-bond donors (Lipinski definition) is 0. The van der Waals surface area contributed by atoms with Gasteiger partial charge in [-0.25, -0.2) is 15.0 Å².